The van der Waals surface area contributed by atoms with E-state index >= 15 is 0 Å². The highest BCUT2D eigenvalue weighted by Gasteiger charge is 2.42. The molecule has 0 aliphatic carbocycles. The maximum Gasteiger partial charge on any atom is 0.106 e. The minimum Gasteiger partial charge on any atom is -0.370 e. The molecule has 3 nitrogen and oxygen atoms in total. The van der Waals surface area contributed by atoms with Gasteiger partial charge in [-0.2, -0.15) is 0 Å². The van der Waals surface area contributed by atoms with E-state index in [9.17, 15) is 0 Å². The van der Waals surface area contributed by atoms with Gasteiger partial charge in [-0.3, -0.25) is 4.90 Å². The summed E-state index contributed by atoms with van der Waals surface area (Å²) < 4.78 is 5.82. The van der Waals surface area contributed by atoms with Crippen LogP contribution in [0, 0.1) is 0 Å². The Morgan fingerprint density at radius 3 is 2.53 bits per heavy atom. The lowest BCUT2D eigenvalue weighted by Crippen LogP contribution is -2.69. The van der Waals surface area contributed by atoms with E-state index in [1.807, 2.05) is 0 Å². The Balaban J connectivity index is 0.000000980. The fourth-order valence-electron chi connectivity index (χ4n) is 2.13. The molecule has 2 rings (SSSR count). The number of nitrogens with zero attached hydrogens (tertiary/aromatic N) is 1. The van der Waals surface area contributed by atoms with Crippen molar-refractivity contribution in [2.24, 2.45) is 0 Å². The summed E-state index contributed by atoms with van der Waals surface area (Å²) >= 11 is 0. The van der Waals surface area contributed by atoms with E-state index in [2.05, 4.69) is 24.1 Å². The van der Waals surface area contributed by atoms with Crippen molar-refractivity contribution in [1.29, 1.82) is 0 Å². The second-order valence-electron chi connectivity index (χ2n) is 4.36. The van der Waals surface area contributed by atoms with Gasteiger partial charge in [0.05, 0.1) is 6.61 Å². The molecule has 5 heteroatoms. The normalized spacial score (nSPS) is 26.0. The lowest BCUT2D eigenvalue weighted by molar-refractivity contribution is -0.142. The van der Waals surface area contributed by atoms with Gasteiger partial charge < -0.3 is 10.1 Å². The van der Waals surface area contributed by atoms with Crippen LogP contribution in [0.3, 0.4) is 0 Å². The summed E-state index contributed by atoms with van der Waals surface area (Å²) in [4.78, 5) is 2.56. The van der Waals surface area contributed by atoms with Gasteiger partial charge in [0.15, 0.2) is 0 Å². The van der Waals surface area contributed by atoms with Crippen molar-refractivity contribution in [1.82, 2.24) is 10.2 Å². The smallest absolute Gasteiger partial charge is 0.106 e. The first-order chi connectivity index (χ1) is 6.26. The molecule has 15 heavy (non-hydrogen) atoms. The lowest BCUT2D eigenvalue weighted by atomic mass is 9.94. The molecule has 1 unspecified atom stereocenters. The molecule has 0 amide bonds. The zero-order chi connectivity index (χ0) is 9.31. The molecular weight excluding hydrogens is 235 g/mol. The Morgan fingerprint density at radius 1 is 1.40 bits per heavy atom. The molecule has 92 valence electrons. The third-order valence-corrected chi connectivity index (χ3v) is 3.39. The average molecular weight is 257 g/mol. The first kappa shape index (κ1) is 15.5. The molecule has 0 aromatic rings. The number of rotatable bonds is 2. The van der Waals surface area contributed by atoms with Crippen molar-refractivity contribution in [3.05, 3.63) is 0 Å². The summed E-state index contributed by atoms with van der Waals surface area (Å²) in [5, 5.41) is 3.30. The molecule has 2 aliphatic heterocycles. The van der Waals surface area contributed by atoms with E-state index in [0.29, 0.717) is 6.04 Å². The Hall–Kier alpha value is 0.460. The van der Waals surface area contributed by atoms with Crippen LogP contribution in [0.25, 0.3) is 0 Å². The summed E-state index contributed by atoms with van der Waals surface area (Å²) in [5.41, 5.74) is 0.168. The van der Waals surface area contributed by atoms with Crippen molar-refractivity contribution in [2.75, 3.05) is 32.8 Å². The number of hydrogen-bond donors (Lipinski definition) is 1. The van der Waals surface area contributed by atoms with Crippen molar-refractivity contribution >= 4 is 24.8 Å². The highest BCUT2D eigenvalue weighted by atomic mass is 35.5. The summed E-state index contributed by atoms with van der Waals surface area (Å²) in [6.45, 7) is 9.79. The van der Waals surface area contributed by atoms with Gasteiger partial charge in [0.1, 0.15) is 5.60 Å². The van der Waals surface area contributed by atoms with Crippen LogP contribution in [-0.4, -0.2) is 49.3 Å². The largest absolute Gasteiger partial charge is 0.370 e. The zero-order valence-electron chi connectivity index (χ0n) is 9.49. The van der Waals surface area contributed by atoms with E-state index in [4.69, 9.17) is 4.74 Å². The molecule has 2 saturated heterocycles. The van der Waals surface area contributed by atoms with Crippen LogP contribution < -0.4 is 5.32 Å². The molecule has 0 aromatic carbocycles. The quantitative estimate of drug-likeness (QED) is 0.807. The number of hydrogen-bond acceptors (Lipinski definition) is 3. The van der Waals surface area contributed by atoms with Crippen molar-refractivity contribution < 1.29 is 4.74 Å². The lowest BCUT2D eigenvalue weighted by Gasteiger charge is -2.50. The van der Waals surface area contributed by atoms with Crippen molar-refractivity contribution in [2.45, 2.75) is 31.9 Å². The van der Waals surface area contributed by atoms with E-state index in [0.717, 1.165) is 32.8 Å². The molecule has 2 aliphatic rings. The standard InChI is InChI=1S/C10H20N2O.2ClH/c1-3-9(2)12-4-5-13-10(8-12)6-11-7-10;;/h9,11H,3-8H2,1-2H3;2*1H. The molecule has 0 bridgehead atoms. The summed E-state index contributed by atoms with van der Waals surface area (Å²) in [6.07, 6.45) is 1.24. The van der Waals surface area contributed by atoms with E-state index in [1.165, 1.54) is 6.42 Å². The molecule has 1 N–H and O–H groups in total. The monoisotopic (exact) mass is 256 g/mol. The Bertz CT molecular complexity index is 188. The number of nitrogens with one attached hydrogen (secondary N) is 1. The number of halogens is 2. The Labute approximate surface area is 105 Å². The maximum absolute atomic E-state index is 5.82. The van der Waals surface area contributed by atoms with Crippen molar-refractivity contribution in [3.8, 4) is 0 Å². The first-order valence-corrected chi connectivity index (χ1v) is 5.34. The van der Waals surface area contributed by atoms with Gasteiger partial charge in [0.25, 0.3) is 0 Å². The van der Waals surface area contributed by atoms with E-state index in [1.54, 1.807) is 0 Å². The van der Waals surface area contributed by atoms with Crippen LogP contribution in [0.2, 0.25) is 0 Å². The third-order valence-electron chi connectivity index (χ3n) is 3.39. The number of morpholine rings is 1. The first-order valence-electron chi connectivity index (χ1n) is 5.34. The molecule has 0 saturated carbocycles. The predicted molar refractivity (Wildman–Crippen MR) is 67.4 cm³/mol. The predicted octanol–water partition coefficient (Wildman–Crippen LogP) is 1.30. The van der Waals surface area contributed by atoms with Gasteiger partial charge in [-0.15, -0.1) is 24.8 Å². The average Bonchev–Trinajstić information content (AvgIpc) is 2.14. The molecule has 2 fully saturated rings. The molecule has 0 radical (unpaired) electrons. The Morgan fingerprint density at radius 2 is 2.07 bits per heavy atom. The molecular formula is C10H22Cl2N2O. The van der Waals surface area contributed by atoms with E-state index < -0.39 is 0 Å². The van der Waals surface area contributed by atoms with Crippen LogP contribution >= 0.6 is 24.8 Å². The topological polar surface area (TPSA) is 24.5 Å². The maximum atomic E-state index is 5.82. The Kier molecular flexibility index (Phi) is 6.45. The fourth-order valence-corrected chi connectivity index (χ4v) is 2.13. The zero-order valence-corrected chi connectivity index (χ0v) is 11.1. The summed E-state index contributed by atoms with van der Waals surface area (Å²) in [6, 6.07) is 0.710. The minimum absolute atomic E-state index is 0. The van der Waals surface area contributed by atoms with Crippen LogP contribution in [0.1, 0.15) is 20.3 Å². The van der Waals surface area contributed by atoms with Crippen LogP contribution in [0.5, 0.6) is 0 Å². The molecule has 1 spiro atoms. The van der Waals surface area contributed by atoms with Crippen LogP contribution in [-0.2, 0) is 4.74 Å². The second kappa shape index (κ2) is 6.26. The molecule has 2 heterocycles. The highest BCUT2D eigenvalue weighted by molar-refractivity contribution is 5.85. The minimum atomic E-state index is 0. The highest BCUT2D eigenvalue weighted by Crippen LogP contribution is 2.23. The summed E-state index contributed by atoms with van der Waals surface area (Å²) in [7, 11) is 0. The van der Waals surface area contributed by atoms with Gasteiger partial charge in [0, 0.05) is 32.2 Å². The second-order valence-corrected chi connectivity index (χ2v) is 4.36. The third kappa shape index (κ3) is 3.21. The number of ether oxygens (including phenoxy) is 1. The van der Waals surface area contributed by atoms with Gasteiger partial charge >= 0.3 is 0 Å². The fraction of sp³-hybridized carbons (Fsp3) is 1.00. The van der Waals surface area contributed by atoms with Crippen LogP contribution in [0.15, 0.2) is 0 Å². The van der Waals surface area contributed by atoms with Gasteiger partial charge in [-0.05, 0) is 13.3 Å². The van der Waals surface area contributed by atoms with Crippen LogP contribution in [0.4, 0.5) is 0 Å². The molecule has 1 atom stereocenters. The van der Waals surface area contributed by atoms with Gasteiger partial charge in [-0.25, -0.2) is 0 Å². The van der Waals surface area contributed by atoms with E-state index in [-0.39, 0.29) is 30.4 Å². The van der Waals surface area contributed by atoms with Gasteiger partial charge in [-0.1, -0.05) is 6.92 Å². The van der Waals surface area contributed by atoms with Gasteiger partial charge in [0.2, 0.25) is 0 Å². The SMILES string of the molecule is CCC(C)N1CCOC2(CNC2)C1.Cl.Cl. The summed E-state index contributed by atoms with van der Waals surface area (Å²) in [5.74, 6) is 0. The van der Waals surface area contributed by atoms with Crippen molar-refractivity contribution in [3.63, 3.8) is 0 Å². The molecule has 0 aromatic heterocycles.